The molecular formula is C13H24N4. The molecule has 2 heterocycles. The van der Waals surface area contributed by atoms with Crippen molar-refractivity contribution in [1.82, 2.24) is 19.8 Å². The van der Waals surface area contributed by atoms with Crippen molar-refractivity contribution in [2.75, 3.05) is 26.7 Å². The van der Waals surface area contributed by atoms with Crippen molar-refractivity contribution in [2.24, 2.45) is 0 Å². The summed E-state index contributed by atoms with van der Waals surface area (Å²) in [6.07, 6.45) is 7.85. The second kappa shape index (κ2) is 6.17. The van der Waals surface area contributed by atoms with Gasteiger partial charge >= 0.3 is 0 Å². The fourth-order valence-electron chi connectivity index (χ4n) is 2.53. The topological polar surface area (TPSA) is 33.1 Å². The lowest BCUT2D eigenvalue weighted by molar-refractivity contribution is 0.216. The van der Waals surface area contributed by atoms with Crippen LogP contribution in [0.25, 0.3) is 0 Å². The number of aryl methyl sites for hydroxylation is 1. The van der Waals surface area contributed by atoms with E-state index in [1.807, 2.05) is 6.20 Å². The number of nitrogens with one attached hydrogen (secondary N) is 1. The quantitative estimate of drug-likeness (QED) is 0.854. The Labute approximate surface area is 104 Å². The van der Waals surface area contributed by atoms with Gasteiger partial charge in [-0.25, -0.2) is 4.98 Å². The first-order valence-corrected chi connectivity index (χ1v) is 6.66. The third-order valence-electron chi connectivity index (χ3n) is 3.79. The van der Waals surface area contributed by atoms with Crippen LogP contribution in [0.4, 0.5) is 0 Å². The molecule has 17 heavy (non-hydrogen) atoms. The van der Waals surface area contributed by atoms with Crippen molar-refractivity contribution in [3.8, 4) is 0 Å². The number of nitrogens with zero attached hydrogens (tertiary/aromatic N) is 3. The molecule has 0 aromatic carbocycles. The second-order valence-corrected chi connectivity index (χ2v) is 4.98. The Balaban J connectivity index is 1.80. The van der Waals surface area contributed by atoms with E-state index in [0.29, 0.717) is 0 Å². The number of imidazole rings is 1. The Kier molecular flexibility index (Phi) is 4.57. The van der Waals surface area contributed by atoms with Crippen LogP contribution in [0.5, 0.6) is 0 Å². The van der Waals surface area contributed by atoms with E-state index in [9.17, 15) is 0 Å². The van der Waals surface area contributed by atoms with Gasteiger partial charge in [0.25, 0.3) is 0 Å². The molecule has 0 amide bonds. The van der Waals surface area contributed by atoms with E-state index in [2.05, 4.69) is 39.9 Å². The van der Waals surface area contributed by atoms with Gasteiger partial charge in [0.15, 0.2) is 0 Å². The van der Waals surface area contributed by atoms with E-state index in [1.165, 1.54) is 32.4 Å². The Morgan fingerprint density at radius 2 is 2.35 bits per heavy atom. The van der Waals surface area contributed by atoms with Crippen LogP contribution in [0.3, 0.4) is 0 Å². The van der Waals surface area contributed by atoms with Crippen LogP contribution in [0.1, 0.15) is 25.1 Å². The fraction of sp³-hybridized carbons (Fsp3) is 0.769. The maximum atomic E-state index is 4.26. The van der Waals surface area contributed by atoms with Gasteiger partial charge in [0.2, 0.25) is 0 Å². The van der Waals surface area contributed by atoms with E-state index in [4.69, 9.17) is 0 Å². The normalized spacial score (nSPS) is 21.7. The lowest BCUT2D eigenvalue weighted by atomic mass is 10.1. The summed E-state index contributed by atoms with van der Waals surface area (Å²) in [4.78, 5) is 6.76. The third-order valence-corrected chi connectivity index (χ3v) is 3.79. The van der Waals surface area contributed by atoms with Gasteiger partial charge in [0.1, 0.15) is 5.82 Å². The van der Waals surface area contributed by atoms with Gasteiger partial charge in [0.05, 0.1) is 0 Å². The second-order valence-electron chi connectivity index (χ2n) is 4.98. The standard InChI is InChI=1S/C13H24N4/c1-12-15-8-9-17(12)11-10-16(2)13-4-3-6-14-7-5-13/h8-9,13-14H,3-7,10-11H2,1-2H3. The molecule has 96 valence electrons. The first kappa shape index (κ1) is 12.6. The first-order chi connectivity index (χ1) is 8.27. The van der Waals surface area contributed by atoms with Crippen molar-refractivity contribution in [3.63, 3.8) is 0 Å². The van der Waals surface area contributed by atoms with Crippen LogP contribution >= 0.6 is 0 Å². The van der Waals surface area contributed by atoms with Crippen molar-refractivity contribution in [1.29, 1.82) is 0 Å². The predicted octanol–water partition coefficient (Wildman–Crippen LogP) is 1.27. The average Bonchev–Trinajstić information content (AvgIpc) is 2.58. The summed E-state index contributed by atoms with van der Waals surface area (Å²) in [7, 11) is 2.25. The summed E-state index contributed by atoms with van der Waals surface area (Å²) in [5.74, 6) is 1.11. The van der Waals surface area contributed by atoms with E-state index in [-0.39, 0.29) is 0 Å². The van der Waals surface area contributed by atoms with Gasteiger partial charge in [-0.2, -0.15) is 0 Å². The van der Waals surface area contributed by atoms with Crippen molar-refractivity contribution in [2.45, 2.75) is 38.8 Å². The van der Waals surface area contributed by atoms with E-state index < -0.39 is 0 Å². The van der Waals surface area contributed by atoms with Crippen LogP contribution in [0.2, 0.25) is 0 Å². The van der Waals surface area contributed by atoms with Crippen LogP contribution in [0, 0.1) is 6.92 Å². The summed E-state index contributed by atoms with van der Waals surface area (Å²) >= 11 is 0. The Bertz CT molecular complexity index is 326. The zero-order valence-corrected chi connectivity index (χ0v) is 11.0. The van der Waals surface area contributed by atoms with Crippen molar-refractivity contribution < 1.29 is 0 Å². The van der Waals surface area contributed by atoms with Gasteiger partial charge in [-0.3, -0.25) is 0 Å². The lowest BCUT2D eigenvalue weighted by Crippen LogP contribution is -2.34. The van der Waals surface area contributed by atoms with Gasteiger partial charge in [-0.05, 0) is 46.3 Å². The highest BCUT2D eigenvalue weighted by Gasteiger charge is 2.16. The molecular weight excluding hydrogens is 212 g/mol. The number of rotatable bonds is 4. The molecule has 1 N–H and O–H groups in total. The van der Waals surface area contributed by atoms with Crippen LogP contribution < -0.4 is 5.32 Å². The highest BCUT2D eigenvalue weighted by atomic mass is 15.2. The molecule has 0 radical (unpaired) electrons. The lowest BCUT2D eigenvalue weighted by Gasteiger charge is -2.27. The number of hydrogen-bond acceptors (Lipinski definition) is 3. The van der Waals surface area contributed by atoms with Crippen molar-refractivity contribution in [3.05, 3.63) is 18.2 Å². The zero-order chi connectivity index (χ0) is 12.1. The van der Waals surface area contributed by atoms with Gasteiger partial charge < -0.3 is 14.8 Å². The maximum absolute atomic E-state index is 4.26. The summed E-state index contributed by atoms with van der Waals surface area (Å²) in [5, 5.41) is 3.47. The molecule has 0 bridgehead atoms. The predicted molar refractivity (Wildman–Crippen MR) is 70.1 cm³/mol. The SMILES string of the molecule is Cc1nccn1CCN(C)C1CCCNCC1. The average molecular weight is 236 g/mol. The molecule has 1 aliphatic heterocycles. The number of likely N-dealkylation sites (N-methyl/N-ethyl adjacent to an activating group) is 1. The monoisotopic (exact) mass is 236 g/mol. The summed E-state index contributed by atoms with van der Waals surface area (Å²) < 4.78 is 2.23. The first-order valence-electron chi connectivity index (χ1n) is 6.66. The minimum absolute atomic E-state index is 0.744. The molecule has 0 aliphatic carbocycles. The van der Waals surface area contributed by atoms with Crippen LogP contribution in [-0.2, 0) is 6.54 Å². The van der Waals surface area contributed by atoms with Gasteiger partial charge in [-0.15, -0.1) is 0 Å². The van der Waals surface area contributed by atoms with Crippen LogP contribution in [0.15, 0.2) is 12.4 Å². The maximum Gasteiger partial charge on any atom is 0.105 e. The molecule has 1 unspecified atom stereocenters. The van der Waals surface area contributed by atoms with E-state index >= 15 is 0 Å². The highest BCUT2D eigenvalue weighted by molar-refractivity contribution is 4.88. The van der Waals surface area contributed by atoms with Gasteiger partial charge in [-0.1, -0.05) is 0 Å². The van der Waals surface area contributed by atoms with Crippen molar-refractivity contribution >= 4 is 0 Å². The van der Waals surface area contributed by atoms with Crippen LogP contribution in [-0.4, -0.2) is 47.2 Å². The minimum atomic E-state index is 0.744. The molecule has 2 rings (SSSR count). The molecule has 1 aliphatic rings. The van der Waals surface area contributed by atoms with E-state index in [1.54, 1.807) is 0 Å². The number of hydrogen-bond donors (Lipinski definition) is 1. The number of aromatic nitrogens is 2. The third kappa shape index (κ3) is 3.54. The van der Waals surface area contributed by atoms with Gasteiger partial charge in [0, 0.05) is 31.5 Å². The largest absolute Gasteiger partial charge is 0.334 e. The van der Waals surface area contributed by atoms with E-state index in [0.717, 1.165) is 25.0 Å². The Hall–Kier alpha value is -0.870. The summed E-state index contributed by atoms with van der Waals surface area (Å²) in [5.41, 5.74) is 0. The molecule has 4 heteroatoms. The molecule has 1 atom stereocenters. The summed E-state index contributed by atoms with van der Waals surface area (Å²) in [6, 6.07) is 0.744. The Morgan fingerprint density at radius 1 is 1.47 bits per heavy atom. The highest BCUT2D eigenvalue weighted by Crippen LogP contribution is 2.11. The minimum Gasteiger partial charge on any atom is -0.334 e. The molecule has 1 aromatic rings. The molecule has 4 nitrogen and oxygen atoms in total. The smallest absolute Gasteiger partial charge is 0.105 e. The Morgan fingerprint density at radius 3 is 3.12 bits per heavy atom. The zero-order valence-electron chi connectivity index (χ0n) is 11.0. The molecule has 1 saturated heterocycles. The molecule has 0 saturated carbocycles. The molecule has 1 fully saturated rings. The molecule has 1 aromatic heterocycles. The summed E-state index contributed by atoms with van der Waals surface area (Å²) in [6.45, 7) is 6.58. The fourth-order valence-corrected chi connectivity index (χ4v) is 2.53. The molecule has 0 spiro atoms.